The van der Waals surface area contributed by atoms with E-state index in [-0.39, 0.29) is 23.1 Å². The van der Waals surface area contributed by atoms with Gasteiger partial charge in [-0.2, -0.15) is 0 Å². The maximum atomic E-state index is 12.0. The summed E-state index contributed by atoms with van der Waals surface area (Å²) in [6, 6.07) is 4.86. The Hall–Kier alpha value is -2.30. The van der Waals surface area contributed by atoms with Crippen molar-refractivity contribution in [3.05, 3.63) is 36.4 Å². The Balaban J connectivity index is 2.48. The minimum atomic E-state index is -1.11. The summed E-state index contributed by atoms with van der Waals surface area (Å²) in [6.45, 7) is 4.13. The standard InChI is InChI=1S/C14H15NO4/c1-3-9-7-12(16)15(8-9)10-5-4-6-11(19-2)13(10)14(17)18/h3-6,9H,1,7-8H2,2H3,(H,17,18). The number of methoxy groups -OCH3 is 1. The quantitative estimate of drug-likeness (QED) is 0.841. The number of hydrogen-bond donors (Lipinski definition) is 1. The first-order valence-corrected chi connectivity index (χ1v) is 5.91. The number of aromatic carboxylic acids is 1. The Labute approximate surface area is 111 Å². The number of carboxylic acid groups (broad SMARTS) is 1. The highest BCUT2D eigenvalue weighted by atomic mass is 16.5. The third-order valence-corrected chi connectivity index (χ3v) is 3.22. The van der Waals surface area contributed by atoms with Gasteiger partial charge >= 0.3 is 5.97 Å². The van der Waals surface area contributed by atoms with Crippen LogP contribution in [-0.4, -0.2) is 30.6 Å². The van der Waals surface area contributed by atoms with Crippen molar-refractivity contribution in [2.45, 2.75) is 6.42 Å². The summed E-state index contributed by atoms with van der Waals surface area (Å²) < 4.78 is 5.06. The monoisotopic (exact) mass is 261 g/mol. The van der Waals surface area contributed by atoms with Crippen molar-refractivity contribution in [1.82, 2.24) is 0 Å². The van der Waals surface area contributed by atoms with Crippen LogP contribution in [0.3, 0.4) is 0 Å². The highest BCUT2D eigenvalue weighted by molar-refractivity contribution is 6.04. The average Bonchev–Trinajstić information content (AvgIpc) is 2.78. The number of amides is 1. The lowest BCUT2D eigenvalue weighted by molar-refractivity contribution is -0.117. The van der Waals surface area contributed by atoms with E-state index in [1.54, 1.807) is 24.3 Å². The molecule has 19 heavy (non-hydrogen) atoms. The second kappa shape index (κ2) is 5.14. The molecule has 0 aliphatic carbocycles. The molecule has 0 spiro atoms. The Bertz CT molecular complexity index is 538. The van der Waals surface area contributed by atoms with Crippen LogP contribution in [-0.2, 0) is 4.79 Å². The van der Waals surface area contributed by atoms with Gasteiger partial charge in [0.1, 0.15) is 11.3 Å². The van der Waals surface area contributed by atoms with Crippen LogP contribution in [0.5, 0.6) is 5.75 Å². The molecule has 1 saturated heterocycles. The molecular formula is C14H15NO4. The normalized spacial score (nSPS) is 18.5. The molecular weight excluding hydrogens is 246 g/mol. The van der Waals surface area contributed by atoms with Gasteiger partial charge in [-0.15, -0.1) is 6.58 Å². The number of anilines is 1. The molecule has 1 unspecified atom stereocenters. The van der Waals surface area contributed by atoms with E-state index >= 15 is 0 Å². The topological polar surface area (TPSA) is 66.8 Å². The predicted molar refractivity (Wildman–Crippen MR) is 70.6 cm³/mol. The number of carboxylic acids is 1. The van der Waals surface area contributed by atoms with E-state index < -0.39 is 5.97 Å². The molecule has 0 radical (unpaired) electrons. The summed E-state index contributed by atoms with van der Waals surface area (Å²) in [7, 11) is 1.41. The lowest BCUT2D eigenvalue weighted by atomic mass is 10.1. The van der Waals surface area contributed by atoms with E-state index in [9.17, 15) is 14.7 Å². The second-order valence-electron chi connectivity index (χ2n) is 4.36. The maximum absolute atomic E-state index is 12.0. The van der Waals surface area contributed by atoms with Crippen LogP contribution in [0.1, 0.15) is 16.8 Å². The lowest BCUT2D eigenvalue weighted by Crippen LogP contribution is -2.26. The van der Waals surface area contributed by atoms with Gasteiger partial charge in [0.25, 0.3) is 0 Å². The van der Waals surface area contributed by atoms with Crippen molar-refractivity contribution in [3.63, 3.8) is 0 Å². The summed E-state index contributed by atoms with van der Waals surface area (Å²) in [6.07, 6.45) is 2.08. The van der Waals surface area contributed by atoms with Gasteiger partial charge in [-0.1, -0.05) is 12.1 Å². The predicted octanol–water partition coefficient (Wildman–Crippen LogP) is 1.93. The van der Waals surface area contributed by atoms with Crippen molar-refractivity contribution >= 4 is 17.6 Å². The highest BCUT2D eigenvalue weighted by Gasteiger charge is 2.32. The van der Waals surface area contributed by atoms with Crippen LogP contribution < -0.4 is 9.64 Å². The average molecular weight is 261 g/mol. The number of ether oxygens (including phenoxy) is 1. The van der Waals surface area contributed by atoms with Gasteiger partial charge < -0.3 is 14.7 Å². The fraction of sp³-hybridized carbons (Fsp3) is 0.286. The summed E-state index contributed by atoms with van der Waals surface area (Å²) in [4.78, 5) is 24.8. The van der Waals surface area contributed by atoms with Gasteiger partial charge in [0.15, 0.2) is 0 Å². The summed E-state index contributed by atoms with van der Waals surface area (Å²) in [5, 5.41) is 9.31. The van der Waals surface area contributed by atoms with Crippen LogP contribution in [0, 0.1) is 5.92 Å². The fourth-order valence-electron chi connectivity index (χ4n) is 2.26. The molecule has 100 valence electrons. The minimum absolute atomic E-state index is 0.0167. The van der Waals surface area contributed by atoms with Crippen molar-refractivity contribution < 1.29 is 19.4 Å². The smallest absolute Gasteiger partial charge is 0.341 e. The summed E-state index contributed by atoms with van der Waals surface area (Å²) in [5.74, 6) is -0.900. The van der Waals surface area contributed by atoms with Crippen LogP contribution in [0.4, 0.5) is 5.69 Å². The zero-order chi connectivity index (χ0) is 14.0. The Morgan fingerprint density at radius 2 is 2.32 bits per heavy atom. The molecule has 1 heterocycles. The number of hydrogen-bond acceptors (Lipinski definition) is 3. The van der Waals surface area contributed by atoms with Crippen LogP contribution in [0.15, 0.2) is 30.9 Å². The van der Waals surface area contributed by atoms with E-state index in [4.69, 9.17) is 4.74 Å². The minimum Gasteiger partial charge on any atom is -0.496 e. The van der Waals surface area contributed by atoms with E-state index in [2.05, 4.69) is 6.58 Å². The van der Waals surface area contributed by atoms with Crippen molar-refractivity contribution in [2.24, 2.45) is 5.92 Å². The number of nitrogens with zero attached hydrogens (tertiary/aromatic N) is 1. The molecule has 0 saturated carbocycles. The first kappa shape index (κ1) is 13.1. The highest BCUT2D eigenvalue weighted by Crippen LogP contribution is 2.33. The van der Waals surface area contributed by atoms with Crippen molar-refractivity contribution in [1.29, 1.82) is 0 Å². The molecule has 1 atom stereocenters. The van der Waals surface area contributed by atoms with E-state index in [1.165, 1.54) is 12.0 Å². The first-order chi connectivity index (χ1) is 9.08. The van der Waals surface area contributed by atoms with Crippen LogP contribution in [0.25, 0.3) is 0 Å². The lowest BCUT2D eigenvalue weighted by Gasteiger charge is -2.20. The van der Waals surface area contributed by atoms with Gasteiger partial charge in [0.2, 0.25) is 5.91 Å². The third-order valence-electron chi connectivity index (χ3n) is 3.22. The molecule has 0 aromatic heterocycles. The molecule has 5 nitrogen and oxygen atoms in total. The number of carbonyl (C=O) groups excluding carboxylic acids is 1. The third kappa shape index (κ3) is 2.31. The molecule has 5 heteroatoms. The number of benzene rings is 1. The zero-order valence-corrected chi connectivity index (χ0v) is 10.6. The van der Waals surface area contributed by atoms with E-state index in [0.29, 0.717) is 18.7 Å². The number of carbonyl (C=O) groups is 2. The second-order valence-corrected chi connectivity index (χ2v) is 4.36. The summed E-state index contributed by atoms with van der Waals surface area (Å²) >= 11 is 0. The summed E-state index contributed by atoms with van der Waals surface area (Å²) in [5.41, 5.74) is 0.393. The molecule has 1 aliphatic rings. The zero-order valence-electron chi connectivity index (χ0n) is 10.6. The molecule has 1 N–H and O–H groups in total. The number of rotatable bonds is 4. The van der Waals surface area contributed by atoms with Crippen molar-refractivity contribution in [2.75, 3.05) is 18.6 Å². The molecule has 1 amide bonds. The molecule has 1 aliphatic heterocycles. The van der Waals surface area contributed by atoms with Gasteiger partial charge in [-0.25, -0.2) is 4.79 Å². The largest absolute Gasteiger partial charge is 0.496 e. The van der Waals surface area contributed by atoms with Gasteiger partial charge in [-0.05, 0) is 12.1 Å². The Kier molecular flexibility index (Phi) is 3.55. The SMILES string of the molecule is C=CC1CC(=O)N(c2cccc(OC)c2C(=O)O)C1. The van der Waals surface area contributed by atoms with Gasteiger partial charge in [0, 0.05) is 18.9 Å². The van der Waals surface area contributed by atoms with Gasteiger partial charge in [-0.3, -0.25) is 4.79 Å². The molecule has 1 aromatic rings. The van der Waals surface area contributed by atoms with E-state index in [1.807, 2.05) is 0 Å². The van der Waals surface area contributed by atoms with E-state index in [0.717, 1.165) is 0 Å². The van der Waals surface area contributed by atoms with Gasteiger partial charge in [0.05, 0.1) is 12.8 Å². The molecule has 1 fully saturated rings. The van der Waals surface area contributed by atoms with Crippen LogP contribution in [0.2, 0.25) is 0 Å². The molecule has 2 rings (SSSR count). The molecule has 0 bridgehead atoms. The maximum Gasteiger partial charge on any atom is 0.341 e. The Morgan fingerprint density at radius 1 is 1.58 bits per heavy atom. The molecule has 1 aromatic carbocycles. The van der Waals surface area contributed by atoms with Crippen molar-refractivity contribution in [3.8, 4) is 5.75 Å². The van der Waals surface area contributed by atoms with Crippen LogP contribution >= 0.6 is 0 Å². The Morgan fingerprint density at radius 3 is 2.84 bits per heavy atom. The first-order valence-electron chi connectivity index (χ1n) is 5.91. The fourth-order valence-corrected chi connectivity index (χ4v) is 2.26.